The van der Waals surface area contributed by atoms with Crippen LogP contribution in [-0.4, -0.2) is 36.0 Å². The van der Waals surface area contributed by atoms with E-state index in [1.54, 1.807) is 10.5 Å². The highest BCUT2D eigenvalue weighted by Crippen LogP contribution is 2.36. The SMILES string of the molecule is [B]/C=C1\c2c(C)n([B])/c(=C/[B])c2=C(C)C1[B]. The van der Waals surface area contributed by atoms with E-state index in [1.165, 1.54) is 5.98 Å². The normalized spacial score (nSPS) is 23.1. The second-order valence-corrected chi connectivity index (χ2v) is 4.04. The highest BCUT2D eigenvalue weighted by Gasteiger charge is 2.25. The summed E-state index contributed by atoms with van der Waals surface area (Å²) in [4.78, 5) is 0. The maximum atomic E-state index is 6.08. The van der Waals surface area contributed by atoms with Crippen LogP contribution >= 0.6 is 0 Å². The van der Waals surface area contributed by atoms with E-state index in [9.17, 15) is 0 Å². The number of hydrogen-bond acceptors (Lipinski definition) is 0. The third-order valence-corrected chi connectivity index (χ3v) is 3.31. The van der Waals surface area contributed by atoms with Crippen molar-refractivity contribution in [1.82, 2.24) is 4.48 Å². The molecular formula is C11H9B4N. The van der Waals surface area contributed by atoms with Crippen molar-refractivity contribution in [3.63, 3.8) is 0 Å². The van der Waals surface area contributed by atoms with Gasteiger partial charge in [0, 0.05) is 21.8 Å². The van der Waals surface area contributed by atoms with Crippen molar-refractivity contribution in [3.05, 3.63) is 27.8 Å². The quantitative estimate of drug-likeness (QED) is 0.485. The Morgan fingerprint density at radius 3 is 2.31 bits per heavy atom. The number of fused-ring (bicyclic) bond motifs is 1. The summed E-state index contributed by atoms with van der Waals surface area (Å²) in [5, 5.41) is 1.81. The maximum absolute atomic E-state index is 6.08. The molecule has 0 saturated carbocycles. The predicted molar refractivity (Wildman–Crippen MR) is 72.1 cm³/mol. The third kappa shape index (κ3) is 1.24. The summed E-state index contributed by atoms with van der Waals surface area (Å²) in [6.45, 7) is 3.91. The molecule has 1 aromatic rings. The van der Waals surface area contributed by atoms with Gasteiger partial charge in [-0.05, 0) is 19.7 Å². The molecule has 8 radical (unpaired) electrons. The molecule has 2 rings (SSSR count). The molecule has 70 valence electrons. The molecule has 1 unspecified atom stereocenters. The van der Waals surface area contributed by atoms with E-state index in [-0.39, 0.29) is 5.82 Å². The molecule has 16 heavy (non-hydrogen) atoms. The van der Waals surface area contributed by atoms with E-state index in [1.807, 2.05) is 13.8 Å². The molecule has 1 heterocycles. The van der Waals surface area contributed by atoms with Crippen LogP contribution in [0.3, 0.4) is 0 Å². The zero-order chi connectivity index (χ0) is 12.0. The molecule has 0 aromatic carbocycles. The molecule has 1 atom stereocenters. The molecule has 1 aliphatic rings. The Balaban J connectivity index is 3.03. The summed E-state index contributed by atoms with van der Waals surface area (Å²) in [6.07, 6.45) is 0. The Morgan fingerprint density at radius 1 is 1.19 bits per heavy atom. The van der Waals surface area contributed by atoms with E-state index in [4.69, 9.17) is 31.5 Å². The predicted octanol–water partition coefficient (Wildman–Crippen LogP) is -0.715. The van der Waals surface area contributed by atoms with Gasteiger partial charge >= 0.3 is 0 Å². The molecule has 0 fully saturated rings. The van der Waals surface area contributed by atoms with Crippen LogP contribution in [0.2, 0.25) is 5.82 Å². The van der Waals surface area contributed by atoms with E-state index in [0.717, 1.165) is 33.0 Å². The van der Waals surface area contributed by atoms with E-state index >= 15 is 0 Å². The summed E-state index contributed by atoms with van der Waals surface area (Å²) in [5.74, 6) is 2.89. The molecule has 0 saturated heterocycles. The fourth-order valence-electron chi connectivity index (χ4n) is 2.38. The van der Waals surface area contributed by atoms with Gasteiger partial charge in [0.1, 0.15) is 15.7 Å². The number of allylic oxidation sites excluding steroid dienone is 1. The van der Waals surface area contributed by atoms with Crippen LogP contribution in [0.5, 0.6) is 0 Å². The highest BCUT2D eigenvalue weighted by atomic mass is 14.9. The fourth-order valence-corrected chi connectivity index (χ4v) is 2.38. The average molecular weight is 198 g/mol. The summed E-state index contributed by atoms with van der Waals surface area (Å²) < 4.78 is 1.57. The van der Waals surface area contributed by atoms with Gasteiger partial charge in [-0.1, -0.05) is 11.1 Å². The van der Waals surface area contributed by atoms with Gasteiger partial charge in [0.25, 0.3) is 0 Å². The average Bonchev–Trinajstić information content (AvgIpc) is 2.66. The Kier molecular flexibility index (Phi) is 2.73. The Bertz CT molecular complexity index is 594. The standard InChI is InChI=1S/C11H9B4N/c1-5-9-8(4-13)16(15)6(2)10(9)7(3-12)11(5)14/h3-4,11H,1-2H3/b7-3+,8-4+. The number of hydrogen-bond donors (Lipinski definition) is 0. The summed E-state index contributed by atoms with van der Waals surface area (Å²) in [7, 11) is 23.2. The first-order valence-corrected chi connectivity index (χ1v) is 5.11. The Labute approximate surface area is 101 Å². The lowest BCUT2D eigenvalue weighted by molar-refractivity contribution is 1.10. The molecule has 1 nitrogen and oxygen atoms in total. The lowest BCUT2D eigenvalue weighted by atomic mass is 9.76. The molecule has 0 bridgehead atoms. The number of aromatic nitrogens is 1. The first kappa shape index (κ1) is 11.5. The summed E-state index contributed by atoms with van der Waals surface area (Å²) in [5.41, 5.74) is 3.91. The van der Waals surface area contributed by atoms with Crippen molar-refractivity contribution >= 4 is 48.6 Å². The number of nitrogens with zero attached hydrogens (tertiary/aromatic N) is 1. The molecule has 0 aliphatic heterocycles. The first-order valence-electron chi connectivity index (χ1n) is 5.11. The van der Waals surface area contributed by atoms with Crippen LogP contribution in [0, 0.1) is 6.92 Å². The first-order chi connectivity index (χ1) is 7.54. The van der Waals surface area contributed by atoms with Gasteiger partial charge in [0.15, 0.2) is 0 Å². The molecule has 1 aliphatic carbocycles. The van der Waals surface area contributed by atoms with Crippen molar-refractivity contribution in [3.8, 4) is 0 Å². The lowest BCUT2D eigenvalue weighted by Gasteiger charge is -2.11. The van der Waals surface area contributed by atoms with Gasteiger partial charge in [0.2, 0.25) is 7.98 Å². The van der Waals surface area contributed by atoms with Gasteiger partial charge in [-0.25, -0.2) is 0 Å². The minimum Gasteiger partial charge on any atom is -0.401 e. The molecule has 5 heteroatoms. The zero-order valence-corrected chi connectivity index (χ0v) is 9.49. The van der Waals surface area contributed by atoms with Crippen molar-refractivity contribution in [2.24, 2.45) is 0 Å². The van der Waals surface area contributed by atoms with Crippen LogP contribution in [0.1, 0.15) is 18.2 Å². The molecular weight excluding hydrogens is 189 g/mol. The summed E-state index contributed by atoms with van der Waals surface area (Å²) in [6, 6.07) is 0. The van der Waals surface area contributed by atoms with Crippen LogP contribution in [0.4, 0.5) is 0 Å². The van der Waals surface area contributed by atoms with E-state index in [2.05, 4.69) is 0 Å². The molecule has 0 amide bonds. The van der Waals surface area contributed by atoms with Gasteiger partial charge in [-0.3, -0.25) is 0 Å². The van der Waals surface area contributed by atoms with Crippen molar-refractivity contribution < 1.29 is 0 Å². The van der Waals surface area contributed by atoms with Crippen LogP contribution < -0.4 is 10.6 Å². The molecule has 0 spiro atoms. The van der Waals surface area contributed by atoms with Crippen LogP contribution in [0.15, 0.2) is 5.98 Å². The summed E-state index contributed by atoms with van der Waals surface area (Å²) >= 11 is 0. The Morgan fingerprint density at radius 2 is 1.81 bits per heavy atom. The van der Waals surface area contributed by atoms with Crippen molar-refractivity contribution in [2.75, 3.05) is 0 Å². The zero-order valence-electron chi connectivity index (χ0n) is 9.49. The monoisotopic (exact) mass is 199 g/mol. The minimum atomic E-state index is -0.159. The largest absolute Gasteiger partial charge is 0.401 e. The topological polar surface area (TPSA) is 4.93 Å². The van der Waals surface area contributed by atoms with Gasteiger partial charge in [-0.15, -0.1) is 12.0 Å². The minimum absolute atomic E-state index is 0.159. The second-order valence-electron chi connectivity index (χ2n) is 4.04. The van der Waals surface area contributed by atoms with Crippen LogP contribution in [0.25, 0.3) is 17.1 Å². The van der Waals surface area contributed by atoms with Gasteiger partial charge < -0.3 is 4.48 Å². The fraction of sp³-hybridized carbons (Fsp3) is 0.273. The van der Waals surface area contributed by atoms with E-state index in [0.29, 0.717) is 0 Å². The molecule has 0 N–H and O–H groups in total. The van der Waals surface area contributed by atoms with Crippen LogP contribution in [-0.2, 0) is 0 Å². The molecule has 1 aromatic heterocycles. The van der Waals surface area contributed by atoms with Crippen molar-refractivity contribution in [2.45, 2.75) is 19.7 Å². The lowest BCUT2D eigenvalue weighted by Crippen LogP contribution is -2.30. The highest BCUT2D eigenvalue weighted by molar-refractivity contribution is 6.32. The number of rotatable bonds is 0. The Hall–Kier alpha value is -0.980. The van der Waals surface area contributed by atoms with Gasteiger partial charge in [-0.2, -0.15) is 0 Å². The second kappa shape index (κ2) is 3.80. The third-order valence-electron chi connectivity index (χ3n) is 3.31. The smallest absolute Gasteiger partial charge is 0.234 e. The van der Waals surface area contributed by atoms with Gasteiger partial charge in [0.05, 0.1) is 7.85 Å². The maximum Gasteiger partial charge on any atom is 0.234 e. The van der Waals surface area contributed by atoms with E-state index < -0.39 is 0 Å². The van der Waals surface area contributed by atoms with Crippen molar-refractivity contribution in [1.29, 1.82) is 0 Å².